The minimum absolute atomic E-state index is 0.0141. The zero-order valence-electron chi connectivity index (χ0n) is 12.3. The number of hydrogen-bond donors (Lipinski definition) is 1. The monoisotopic (exact) mass is 273 g/mol. The van der Waals surface area contributed by atoms with Crippen molar-refractivity contribution in [2.75, 3.05) is 18.0 Å². The van der Waals surface area contributed by atoms with E-state index in [2.05, 4.69) is 18.3 Å². The number of nitriles is 1. The molecule has 0 radical (unpaired) electrons. The van der Waals surface area contributed by atoms with Crippen LogP contribution in [0.4, 0.5) is 5.69 Å². The van der Waals surface area contributed by atoms with Gasteiger partial charge in [-0.25, -0.2) is 0 Å². The predicted octanol–water partition coefficient (Wildman–Crippen LogP) is 2.71. The van der Waals surface area contributed by atoms with Gasteiger partial charge in [0.25, 0.3) is 0 Å². The molecule has 1 aromatic carbocycles. The summed E-state index contributed by atoms with van der Waals surface area (Å²) in [6.07, 6.45) is 2.45. The van der Waals surface area contributed by atoms with Crippen LogP contribution in [0.5, 0.6) is 0 Å². The minimum atomic E-state index is -0.275. The van der Waals surface area contributed by atoms with Crippen LogP contribution in [0.25, 0.3) is 0 Å². The molecule has 0 saturated heterocycles. The zero-order chi connectivity index (χ0) is 14.8. The van der Waals surface area contributed by atoms with Crippen molar-refractivity contribution in [3.05, 3.63) is 30.3 Å². The van der Waals surface area contributed by atoms with E-state index in [-0.39, 0.29) is 11.9 Å². The zero-order valence-corrected chi connectivity index (χ0v) is 12.3. The lowest BCUT2D eigenvalue weighted by atomic mass is 10.2. The first kappa shape index (κ1) is 16.0. The summed E-state index contributed by atoms with van der Waals surface area (Å²) in [6, 6.07) is 11.6. The highest BCUT2D eigenvalue weighted by Gasteiger charge is 2.20. The topological polar surface area (TPSA) is 56.1 Å². The molecule has 1 rings (SSSR count). The van der Waals surface area contributed by atoms with E-state index in [0.29, 0.717) is 19.5 Å². The summed E-state index contributed by atoms with van der Waals surface area (Å²) in [5, 5.41) is 11.7. The number of carbonyl (C=O) groups is 1. The molecule has 1 atom stereocenters. The van der Waals surface area contributed by atoms with E-state index < -0.39 is 0 Å². The summed E-state index contributed by atoms with van der Waals surface area (Å²) in [4.78, 5) is 14.1. The number of anilines is 1. The van der Waals surface area contributed by atoms with E-state index in [1.54, 1.807) is 0 Å². The molecule has 0 aliphatic carbocycles. The Labute approximate surface area is 121 Å². The third-order valence-corrected chi connectivity index (χ3v) is 3.23. The Bertz CT molecular complexity index is 439. The molecule has 0 saturated carbocycles. The highest BCUT2D eigenvalue weighted by atomic mass is 16.2. The van der Waals surface area contributed by atoms with Gasteiger partial charge < -0.3 is 10.2 Å². The third kappa shape index (κ3) is 4.93. The highest BCUT2D eigenvalue weighted by Crippen LogP contribution is 2.17. The number of benzene rings is 1. The van der Waals surface area contributed by atoms with Crippen molar-refractivity contribution in [3.8, 4) is 6.07 Å². The van der Waals surface area contributed by atoms with Crippen LogP contribution in [0.3, 0.4) is 0 Å². The van der Waals surface area contributed by atoms with E-state index in [0.717, 1.165) is 18.5 Å². The molecule has 0 bridgehead atoms. The van der Waals surface area contributed by atoms with Crippen molar-refractivity contribution in [2.24, 2.45) is 0 Å². The van der Waals surface area contributed by atoms with Gasteiger partial charge in [0.15, 0.2) is 0 Å². The molecule has 4 heteroatoms. The number of nitrogens with zero attached hydrogens (tertiary/aromatic N) is 2. The maximum absolute atomic E-state index is 12.2. The van der Waals surface area contributed by atoms with E-state index in [1.807, 2.05) is 42.2 Å². The van der Waals surface area contributed by atoms with Crippen LogP contribution in [0.1, 0.15) is 33.1 Å². The Morgan fingerprint density at radius 1 is 1.40 bits per heavy atom. The van der Waals surface area contributed by atoms with Crippen molar-refractivity contribution in [3.63, 3.8) is 0 Å². The fourth-order valence-electron chi connectivity index (χ4n) is 2.01. The molecular formula is C16H23N3O. The Morgan fingerprint density at radius 2 is 2.10 bits per heavy atom. The second-order valence-corrected chi connectivity index (χ2v) is 4.76. The Balaban J connectivity index is 2.72. The van der Waals surface area contributed by atoms with Crippen LogP contribution >= 0.6 is 0 Å². The van der Waals surface area contributed by atoms with Gasteiger partial charge >= 0.3 is 0 Å². The van der Waals surface area contributed by atoms with Gasteiger partial charge in [-0.15, -0.1) is 0 Å². The number of rotatable bonds is 8. The molecule has 1 N–H and O–H groups in total. The number of unbranched alkanes of at least 4 members (excludes halogenated alkanes) is 1. The molecule has 0 spiro atoms. The van der Waals surface area contributed by atoms with E-state index in [4.69, 9.17) is 5.26 Å². The smallest absolute Gasteiger partial charge is 0.242 e. The van der Waals surface area contributed by atoms with Gasteiger partial charge in [-0.3, -0.25) is 4.79 Å². The summed E-state index contributed by atoms with van der Waals surface area (Å²) < 4.78 is 0. The van der Waals surface area contributed by atoms with Gasteiger partial charge in [-0.2, -0.15) is 5.26 Å². The number of carbonyl (C=O) groups excluding carboxylic acids is 1. The molecule has 1 amide bonds. The van der Waals surface area contributed by atoms with Gasteiger partial charge in [0.05, 0.1) is 12.5 Å². The molecular weight excluding hydrogens is 250 g/mol. The molecule has 108 valence electrons. The van der Waals surface area contributed by atoms with Crippen molar-refractivity contribution < 1.29 is 4.79 Å². The van der Waals surface area contributed by atoms with E-state index in [1.165, 1.54) is 0 Å². The van der Waals surface area contributed by atoms with Crippen LogP contribution in [-0.4, -0.2) is 25.0 Å². The standard InChI is InChI=1S/C16H23N3O/c1-3-4-12-18-16(20)14(2)19(13-8-11-17)15-9-6-5-7-10-15/h5-7,9-10,14H,3-4,8,12-13H2,1-2H3,(H,18,20). The van der Waals surface area contributed by atoms with Crippen molar-refractivity contribution in [1.82, 2.24) is 5.32 Å². The fourth-order valence-corrected chi connectivity index (χ4v) is 2.01. The molecule has 20 heavy (non-hydrogen) atoms. The minimum Gasteiger partial charge on any atom is -0.359 e. The number of nitrogens with one attached hydrogen (secondary N) is 1. The SMILES string of the molecule is CCCCNC(=O)C(C)N(CCC#N)c1ccccc1. The van der Waals surface area contributed by atoms with Gasteiger partial charge in [0.2, 0.25) is 5.91 Å². The maximum atomic E-state index is 12.2. The fraction of sp³-hybridized carbons (Fsp3) is 0.500. The average Bonchev–Trinajstić information content (AvgIpc) is 2.48. The van der Waals surface area contributed by atoms with Gasteiger partial charge in [0.1, 0.15) is 6.04 Å². The van der Waals surface area contributed by atoms with Gasteiger partial charge in [0, 0.05) is 18.8 Å². The lowest BCUT2D eigenvalue weighted by Gasteiger charge is -2.29. The highest BCUT2D eigenvalue weighted by molar-refractivity contribution is 5.84. The second kappa shape index (κ2) is 8.98. The van der Waals surface area contributed by atoms with Crippen molar-refractivity contribution >= 4 is 11.6 Å². The summed E-state index contributed by atoms with van der Waals surface area (Å²) in [7, 11) is 0. The third-order valence-electron chi connectivity index (χ3n) is 3.23. The van der Waals surface area contributed by atoms with Crippen molar-refractivity contribution in [1.29, 1.82) is 5.26 Å². The first-order valence-corrected chi connectivity index (χ1v) is 7.17. The van der Waals surface area contributed by atoms with Crippen molar-refractivity contribution in [2.45, 2.75) is 39.2 Å². The first-order valence-electron chi connectivity index (χ1n) is 7.17. The van der Waals surface area contributed by atoms with Crippen LogP contribution in [-0.2, 0) is 4.79 Å². The Morgan fingerprint density at radius 3 is 2.70 bits per heavy atom. The molecule has 0 aliphatic heterocycles. The van der Waals surface area contributed by atoms with Crippen LogP contribution < -0.4 is 10.2 Å². The average molecular weight is 273 g/mol. The quantitative estimate of drug-likeness (QED) is 0.741. The van der Waals surface area contributed by atoms with Gasteiger partial charge in [-0.05, 0) is 25.5 Å². The molecule has 0 aromatic heterocycles. The molecule has 0 aliphatic rings. The van der Waals surface area contributed by atoms with E-state index in [9.17, 15) is 4.79 Å². The molecule has 1 aromatic rings. The summed E-state index contributed by atoms with van der Waals surface area (Å²) in [6.45, 7) is 5.24. The second-order valence-electron chi connectivity index (χ2n) is 4.76. The van der Waals surface area contributed by atoms with Gasteiger partial charge in [-0.1, -0.05) is 31.5 Å². The molecule has 0 heterocycles. The maximum Gasteiger partial charge on any atom is 0.242 e. The largest absolute Gasteiger partial charge is 0.359 e. The van der Waals surface area contributed by atoms with Crippen LogP contribution in [0, 0.1) is 11.3 Å². The lowest BCUT2D eigenvalue weighted by Crippen LogP contribution is -2.46. The predicted molar refractivity (Wildman–Crippen MR) is 81.4 cm³/mol. The Kier molecular flexibility index (Phi) is 7.20. The normalized spacial score (nSPS) is 11.4. The number of amides is 1. The lowest BCUT2D eigenvalue weighted by molar-refractivity contribution is -0.122. The first-order chi connectivity index (χ1) is 9.70. The van der Waals surface area contributed by atoms with E-state index >= 15 is 0 Å². The molecule has 4 nitrogen and oxygen atoms in total. The number of hydrogen-bond acceptors (Lipinski definition) is 3. The summed E-state index contributed by atoms with van der Waals surface area (Å²) in [5.74, 6) is 0.0141. The van der Waals surface area contributed by atoms with Crippen LogP contribution in [0.2, 0.25) is 0 Å². The summed E-state index contributed by atoms with van der Waals surface area (Å²) >= 11 is 0. The molecule has 0 fully saturated rings. The number of para-hydroxylation sites is 1. The molecule has 1 unspecified atom stereocenters. The summed E-state index contributed by atoms with van der Waals surface area (Å²) in [5.41, 5.74) is 0.973. The Hall–Kier alpha value is -2.02. The van der Waals surface area contributed by atoms with Crippen LogP contribution in [0.15, 0.2) is 30.3 Å².